The quantitative estimate of drug-likeness (QED) is 0.805. The van der Waals surface area contributed by atoms with Crippen molar-refractivity contribution in [1.82, 2.24) is 24.7 Å². The molecule has 0 aliphatic carbocycles. The molecule has 1 aliphatic heterocycles. The summed E-state index contributed by atoms with van der Waals surface area (Å²) in [5, 5.41) is 12.6. The fraction of sp³-hybridized carbons (Fsp3) is 0.667. The van der Waals surface area contributed by atoms with Crippen molar-refractivity contribution in [3.8, 4) is 0 Å². The molecule has 86 valence electrons. The van der Waals surface area contributed by atoms with Gasteiger partial charge in [0.15, 0.2) is 5.82 Å². The zero-order chi connectivity index (χ0) is 11.1. The third-order valence-corrected chi connectivity index (χ3v) is 3.96. The maximum atomic E-state index is 5.81. The van der Waals surface area contributed by atoms with Gasteiger partial charge in [-0.05, 0) is 32.5 Å². The topological polar surface area (TPSA) is 72.3 Å². The highest BCUT2D eigenvalue weighted by molar-refractivity contribution is 7.14. The van der Waals surface area contributed by atoms with Gasteiger partial charge in [-0.25, -0.2) is 0 Å². The van der Waals surface area contributed by atoms with Crippen LogP contribution in [-0.2, 0) is 0 Å². The molecule has 0 amide bonds. The Morgan fingerprint density at radius 2 is 2.44 bits per heavy atom. The number of nitrogens with zero attached hydrogens (tertiary/aromatic N) is 5. The average Bonchev–Trinajstić information content (AvgIpc) is 2.92. The first kappa shape index (κ1) is 10.1. The molecule has 6 nitrogen and oxygen atoms in total. The second-order valence-electron chi connectivity index (χ2n) is 4.20. The molecule has 2 unspecified atom stereocenters. The second-order valence-corrected chi connectivity index (χ2v) is 5.01. The molecule has 16 heavy (non-hydrogen) atoms. The van der Waals surface area contributed by atoms with Crippen LogP contribution in [0.1, 0.15) is 18.3 Å². The van der Waals surface area contributed by atoms with E-state index in [0.29, 0.717) is 12.5 Å². The Morgan fingerprint density at radius 3 is 3.25 bits per heavy atom. The highest BCUT2D eigenvalue weighted by Gasteiger charge is 2.35. The van der Waals surface area contributed by atoms with Crippen molar-refractivity contribution in [3.05, 3.63) is 11.3 Å². The monoisotopic (exact) mass is 238 g/mol. The predicted octanol–water partition coefficient (Wildman–Crippen LogP) is 0.137. The average molecular weight is 238 g/mol. The molecule has 1 saturated heterocycles. The van der Waals surface area contributed by atoms with E-state index in [1.54, 1.807) is 5.51 Å². The van der Waals surface area contributed by atoms with Crippen molar-refractivity contribution in [2.45, 2.75) is 12.5 Å². The van der Waals surface area contributed by atoms with E-state index in [4.69, 9.17) is 5.73 Å². The summed E-state index contributed by atoms with van der Waals surface area (Å²) in [7, 11) is 2.10. The summed E-state index contributed by atoms with van der Waals surface area (Å²) >= 11 is 1.51. The number of hydrogen-bond donors (Lipinski definition) is 1. The van der Waals surface area contributed by atoms with E-state index in [1.165, 1.54) is 11.3 Å². The van der Waals surface area contributed by atoms with Crippen molar-refractivity contribution < 1.29 is 0 Å². The van der Waals surface area contributed by atoms with Gasteiger partial charge in [-0.3, -0.25) is 4.90 Å². The van der Waals surface area contributed by atoms with E-state index in [9.17, 15) is 0 Å². The molecule has 2 aromatic rings. The lowest BCUT2D eigenvalue weighted by Crippen LogP contribution is -2.27. The maximum absolute atomic E-state index is 5.81. The van der Waals surface area contributed by atoms with Gasteiger partial charge in [0, 0.05) is 0 Å². The van der Waals surface area contributed by atoms with Crippen LogP contribution in [0.5, 0.6) is 0 Å². The van der Waals surface area contributed by atoms with Crippen LogP contribution < -0.4 is 5.73 Å². The van der Waals surface area contributed by atoms with Crippen molar-refractivity contribution in [1.29, 1.82) is 0 Å². The van der Waals surface area contributed by atoms with E-state index in [0.717, 1.165) is 23.8 Å². The van der Waals surface area contributed by atoms with Crippen molar-refractivity contribution in [3.63, 3.8) is 0 Å². The van der Waals surface area contributed by atoms with Crippen LogP contribution in [0.25, 0.3) is 4.96 Å². The fourth-order valence-electron chi connectivity index (χ4n) is 2.44. The summed E-state index contributed by atoms with van der Waals surface area (Å²) in [5.41, 5.74) is 7.60. The van der Waals surface area contributed by atoms with Crippen LogP contribution in [0, 0.1) is 5.92 Å². The third-order valence-electron chi connectivity index (χ3n) is 3.30. The van der Waals surface area contributed by atoms with Crippen LogP contribution in [-0.4, -0.2) is 44.8 Å². The van der Waals surface area contributed by atoms with Gasteiger partial charge >= 0.3 is 0 Å². The lowest BCUT2D eigenvalue weighted by Gasteiger charge is -2.21. The number of fused-ring (bicyclic) bond motifs is 1. The van der Waals surface area contributed by atoms with Gasteiger partial charge in [0.2, 0.25) is 4.96 Å². The Balaban J connectivity index is 2.05. The highest BCUT2D eigenvalue weighted by atomic mass is 32.1. The lowest BCUT2D eigenvalue weighted by molar-refractivity contribution is 0.264. The van der Waals surface area contributed by atoms with Crippen molar-refractivity contribution >= 4 is 16.3 Å². The molecule has 2 atom stereocenters. The normalized spacial score (nSPS) is 26.9. The highest BCUT2D eigenvalue weighted by Crippen LogP contribution is 2.34. The Labute approximate surface area is 97.1 Å². The molecule has 0 bridgehead atoms. The van der Waals surface area contributed by atoms with Gasteiger partial charge in [0.05, 0.1) is 6.04 Å². The van der Waals surface area contributed by atoms with E-state index in [2.05, 4.69) is 27.2 Å². The Morgan fingerprint density at radius 1 is 1.56 bits per heavy atom. The number of likely N-dealkylation sites (tertiary alicyclic amines) is 1. The zero-order valence-electron chi connectivity index (χ0n) is 9.08. The number of nitrogens with two attached hydrogens (primary N) is 1. The van der Waals surface area contributed by atoms with Crippen LogP contribution in [0.2, 0.25) is 0 Å². The standard InChI is InChI=1S/C9H14N6S/c1-14-3-2-6(4-10)7(14)8-12-13-9-15(8)11-5-16-9/h5-7H,2-4,10H2,1H3. The van der Waals surface area contributed by atoms with Crippen LogP contribution in [0.4, 0.5) is 0 Å². The minimum absolute atomic E-state index is 0.252. The Hall–Kier alpha value is -1.05. The van der Waals surface area contributed by atoms with E-state index >= 15 is 0 Å². The van der Waals surface area contributed by atoms with Gasteiger partial charge in [-0.1, -0.05) is 11.3 Å². The van der Waals surface area contributed by atoms with Gasteiger partial charge in [0.1, 0.15) is 5.51 Å². The molecular weight excluding hydrogens is 224 g/mol. The first-order valence-corrected chi connectivity index (χ1v) is 6.24. The Bertz CT molecular complexity index is 491. The molecule has 0 saturated carbocycles. The Kier molecular flexibility index (Phi) is 2.38. The summed E-state index contributed by atoms with van der Waals surface area (Å²) in [6, 6.07) is 0.252. The first-order chi connectivity index (χ1) is 7.81. The zero-order valence-corrected chi connectivity index (χ0v) is 9.89. The predicted molar refractivity (Wildman–Crippen MR) is 61.2 cm³/mol. The summed E-state index contributed by atoms with van der Waals surface area (Å²) < 4.78 is 1.83. The fourth-order valence-corrected chi connectivity index (χ4v) is 3.01. The molecule has 1 fully saturated rings. The molecule has 2 aromatic heterocycles. The molecule has 3 rings (SSSR count). The van der Waals surface area contributed by atoms with Crippen molar-refractivity contribution in [2.75, 3.05) is 20.1 Å². The van der Waals surface area contributed by atoms with Gasteiger partial charge in [0.25, 0.3) is 0 Å². The molecule has 0 aromatic carbocycles. The smallest absolute Gasteiger partial charge is 0.234 e. The minimum Gasteiger partial charge on any atom is -0.330 e. The summed E-state index contributed by atoms with van der Waals surface area (Å²) in [4.78, 5) is 3.14. The summed E-state index contributed by atoms with van der Waals surface area (Å²) in [6.45, 7) is 1.75. The molecule has 2 N–H and O–H groups in total. The molecule has 0 spiro atoms. The maximum Gasteiger partial charge on any atom is 0.234 e. The molecule has 1 aliphatic rings. The molecular formula is C9H14N6S. The van der Waals surface area contributed by atoms with Crippen LogP contribution in [0.15, 0.2) is 5.51 Å². The van der Waals surface area contributed by atoms with Crippen LogP contribution in [0.3, 0.4) is 0 Å². The summed E-state index contributed by atoms with van der Waals surface area (Å²) in [5.74, 6) is 1.38. The van der Waals surface area contributed by atoms with Gasteiger partial charge in [-0.2, -0.15) is 9.61 Å². The number of hydrogen-bond acceptors (Lipinski definition) is 6. The third kappa shape index (κ3) is 1.35. The van der Waals surface area contributed by atoms with E-state index in [1.807, 2.05) is 4.52 Å². The van der Waals surface area contributed by atoms with Gasteiger partial charge in [-0.15, -0.1) is 10.2 Å². The first-order valence-electron chi connectivity index (χ1n) is 5.36. The van der Waals surface area contributed by atoms with Gasteiger partial charge < -0.3 is 5.73 Å². The summed E-state index contributed by atoms with van der Waals surface area (Å²) in [6.07, 6.45) is 1.12. The van der Waals surface area contributed by atoms with Crippen molar-refractivity contribution in [2.24, 2.45) is 11.7 Å². The number of aromatic nitrogens is 4. The molecule has 3 heterocycles. The second kappa shape index (κ2) is 3.76. The van der Waals surface area contributed by atoms with E-state index < -0.39 is 0 Å². The lowest BCUT2D eigenvalue weighted by atomic mass is 10.0. The minimum atomic E-state index is 0.252. The molecule has 7 heteroatoms. The van der Waals surface area contributed by atoms with E-state index in [-0.39, 0.29) is 6.04 Å². The molecule has 0 radical (unpaired) electrons. The number of rotatable bonds is 2. The van der Waals surface area contributed by atoms with Crippen LogP contribution >= 0.6 is 11.3 Å². The SMILES string of the molecule is CN1CCC(CN)C1c1nnc2scnn12. The largest absolute Gasteiger partial charge is 0.330 e.